The zero-order valence-corrected chi connectivity index (χ0v) is 8.53. The van der Waals surface area contributed by atoms with Gasteiger partial charge >= 0.3 is 5.97 Å². The molecule has 78 valence electrons. The van der Waals surface area contributed by atoms with Crippen LogP contribution in [0.3, 0.4) is 0 Å². The topological polar surface area (TPSA) is 76.2 Å². The van der Waals surface area contributed by atoms with Crippen LogP contribution in [0.4, 0.5) is 0 Å². The van der Waals surface area contributed by atoms with Crippen molar-refractivity contribution in [3.05, 3.63) is 23.2 Å². The van der Waals surface area contributed by atoms with Crippen molar-refractivity contribution in [1.29, 1.82) is 0 Å². The standard InChI is InChI=1S/C9H8N2O3S/c12-8(13)4-3-6-9(11-14-10-6)7-2-1-5-15-7/h1-2,5H,3-4H2,(H,12,13). The molecule has 0 aliphatic rings. The summed E-state index contributed by atoms with van der Waals surface area (Å²) in [5.74, 6) is -0.852. The molecule has 0 amide bonds. The number of hydrogen-bond donors (Lipinski definition) is 1. The van der Waals surface area contributed by atoms with Gasteiger partial charge in [-0.25, -0.2) is 4.63 Å². The number of aryl methyl sites for hydroxylation is 1. The molecule has 0 aliphatic heterocycles. The molecule has 0 aliphatic carbocycles. The molecule has 0 spiro atoms. The zero-order valence-electron chi connectivity index (χ0n) is 7.71. The molecule has 0 saturated heterocycles. The van der Waals surface area contributed by atoms with Crippen molar-refractivity contribution >= 4 is 17.3 Å². The number of nitrogens with zero attached hydrogens (tertiary/aromatic N) is 2. The third kappa shape index (κ3) is 2.21. The third-order valence-corrected chi connectivity index (χ3v) is 2.76. The molecule has 2 heterocycles. The van der Waals surface area contributed by atoms with Gasteiger partial charge in [-0.3, -0.25) is 4.79 Å². The number of aliphatic carboxylic acids is 1. The molecule has 0 bridgehead atoms. The quantitative estimate of drug-likeness (QED) is 0.857. The van der Waals surface area contributed by atoms with Crippen LogP contribution in [0, 0.1) is 0 Å². The van der Waals surface area contributed by atoms with E-state index in [1.165, 1.54) is 11.3 Å². The molecular weight excluding hydrogens is 216 g/mol. The van der Waals surface area contributed by atoms with Crippen molar-refractivity contribution in [3.63, 3.8) is 0 Å². The predicted molar refractivity (Wildman–Crippen MR) is 53.6 cm³/mol. The van der Waals surface area contributed by atoms with Crippen molar-refractivity contribution in [2.75, 3.05) is 0 Å². The van der Waals surface area contributed by atoms with Crippen molar-refractivity contribution < 1.29 is 14.5 Å². The Morgan fingerprint density at radius 1 is 1.53 bits per heavy atom. The van der Waals surface area contributed by atoms with E-state index in [1.54, 1.807) is 0 Å². The summed E-state index contributed by atoms with van der Waals surface area (Å²) in [6.45, 7) is 0. The lowest BCUT2D eigenvalue weighted by atomic mass is 10.2. The number of rotatable bonds is 4. The van der Waals surface area contributed by atoms with E-state index < -0.39 is 5.97 Å². The summed E-state index contributed by atoms with van der Waals surface area (Å²) in [4.78, 5) is 11.4. The fourth-order valence-electron chi connectivity index (χ4n) is 1.20. The summed E-state index contributed by atoms with van der Waals surface area (Å²) in [6, 6.07) is 3.80. The van der Waals surface area contributed by atoms with Gasteiger partial charge in [0, 0.05) is 6.42 Å². The first-order chi connectivity index (χ1) is 7.27. The zero-order chi connectivity index (χ0) is 10.7. The van der Waals surface area contributed by atoms with Gasteiger partial charge in [0.15, 0.2) is 0 Å². The maximum Gasteiger partial charge on any atom is 0.303 e. The highest BCUT2D eigenvalue weighted by atomic mass is 32.1. The number of hydrogen-bond acceptors (Lipinski definition) is 5. The molecule has 0 radical (unpaired) electrons. The summed E-state index contributed by atoms with van der Waals surface area (Å²) < 4.78 is 4.62. The fraction of sp³-hybridized carbons (Fsp3) is 0.222. The van der Waals surface area contributed by atoms with Gasteiger partial charge in [0.05, 0.1) is 11.3 Å². The SMILES string of the molecule is O=C(O)CCc1nonc1-c1cccs1. The van der Waals surface area contributed by atoms with E-state index in [0.29, 0.717) is 17.8 Å². The molecule has 6 heteroatoms. The van der Waals surface area contributed by atoms with Gasteiger partial charge < -0.3 is 5.11 Å². The van der Waals surface area contributed by atoms with Crippen LogP contribution < -0.4 is 0 Å². The lowest BCUT2D eigenvalue weighted by Crippen LogP contribution is -1.98. The smallest absolute Gasteiger partial charge is 0.303 e. The Morgan fingerprint density at radius 3 is 3.07 bits per heavy atom. The minimum Gasteiger partial charge on any atom is -0.481 e. The molecule has 0 saturated carbocycles. The Labute approximate surface area is 89.3 Å². The molecule has 15 heavy (non-hydrogen) atoms. The van der Waals surface area contributed by atoms with E-state index in [0.717, 1.165) is 4.88 Å². The van der Waals surface area contributed by atoms with Crippen LogP contribution in [-0.2, 0) is 11.2 Å². The Kier molecular flexibility index (Phi) is 2.77. The van der Waals surface area contributed by atoms with Crippen LogP contribution in [0.2, 0.25) is 0 Å². The number of carbonyl (C=O) groups is 1. The summed E-state index contributed by atoms with van der Waals surface area (Å²) in [7, 11) is 0. The average molecular weight is 224 g/mol. The molecule has 5 nitrogen and oxygen atoms in total. The molecule has 0 fully saturated rings. The molecule has 2 rings (SSSR count). The van der Waals surface area contributed by atoms with E-state index >= 15 is 0 Å². The van der Waals surface area contributed by atoms with Gasteiger partial charge in [-0.2, -0.15) is 0 Å². The molecule has 0 aromatic carbocycles. The first-order valence-electron chi connectivity index (χ1n) is 4.34. The predicted octanol–water partition coefficient (Wildman–Crippen LogP) is 1.82. The second-order valence-corrected chi connectivity index (χ2v) is 3.88. The molecule has 1 N–H and O–H groups in total. The van der Waals surface area contributed by atoms with Crippen molar-refractivity contribution in [1.82, 2.24) is 10.3 Å². The van der Waals surface area contributed by atoms with Gasteiger partial charge in [0.1, 0.15) is 11.4 Å². The summed E-state index contributed by atoms with van der Waals surface area (Å²) in [5.41, 5.74) is 1.24. The highest BCUT2D eigenvalue weighted by Gasteiger charge is 2.13. The Hall–Kier alpha value is -1.69. The van der Waals surface area contributed by atoms with Gasteiger partial charge in [0.25, 0.3) is 0 Å². The fourth-order valence-corrected chi connectivity index (χ4v) is 1.92. The molecule has 0 unspecified atom stereocenters. The maximum atomic E-state index is 10.4. The average Bonchev–Trinajstić information content (AvgIpc) is 2.85. The van der Waals surface area contributed by atoms with Gasteiger partial charge in [0.2, 0.25) is 0 Å². The van der Waals surface area contributed by atoms with E-state index in [1.807, 2.05) is 17.5 Å². The van der Waals surface area contributed by atoms with E-state index in [4.69, 9.17) is 5.11 Å². The number of thiophene rings is 1. The lowest BCUT2D eigenvalue weighted by Gasteiger charge is -1.93. The van der Waals surface area contributed by atoms with Crippen LogP contribution in [0.5, 0.6) is 0 Å². The summed E-state index contributed by atoms with van der Waals surface area (Å²) in [6.07, 6.45) is 0.374. The minimum absolute atomic E-state index is 0.0343. The largest absolute Gasteiger partial charge is 0.481 e. The summed E-state index contributed by atoms with van der Waals surface area (Å²) >= 11 is 1.52. The van der Waals surface area contributed by atoms with E-state index in [-0.39, 0.29) is 6.42 Å². The molecule has 2 aromatic rings. The van der Waals surface area contributed by atoms with Gasteiger partial charge in [-0.05, 0) is 16.6 Å². The van der Waals surface area contributed by atoms with Crippen LogP contribution in [0.15, 0.2) is 22.1 Å². The van der Waals surface area contributed by atoms with Crippen molar-refractivity contribution in [2.24, 2.45) is 0 Å². The minimum atomic E-state index is -0.852. The monoisotopic (exact) mass is 224 g/mol. The summed E-state index contributed by atoms with van der Waals surface area (Å²) in [5, 5.41) is 17.9. The second-order valence-electron chi connectivity index (χ2n) is 2.93. The van der Waals surface area contributed by atoms with Gasteiger partial charge in [-0.15, -0.1) is 11.3 Å². The molecule has 0 atom stereocenters. The lowest BCUT2D eigenvalue weighted by molar-refractivity contribution is -0.136. The third-order valence-electron chi connectivity index (χ3n) is 1.89. The van der Waals surface area contributed by atoms with E-state index in [2.05, 4.69) is 14.9 Å². The van der Waals surface area contributed by atoms with Gasteiger partial charge in [-0.1, -0.05) is 11.2 Å². The first-order valence-corrected chi connectivity index (χ1v) is 5.22. The number of carboxylic acids is 1. The Balaban J connectivity index is 2.19. The van der Waals surface area contributed by atoms with Crippen LogP contribution in [0.25, 0.3) is 10.6 Å². The Morgan fingerprint density at radius 2 is 2.40 bits per heavy atom. The highest BCUT2D eigenvalue weighted by Crippen LogP contribution is 2.25. The second kappa shape index (κ2) is 4.22. The van der Waals surface area contributed by atoms with E-state index in [9.17, 15) is 4.79 Å². The van der Waals surface area contributed by atoms with Crippen LogP contribution in [0.1, 0.15) is 12.1 Å². The maximum absolute atomic E-state index is 10.4. The van der Waals surface area contributed by atoms with Crippen molar-refractivity contribution in [2.45, 2.75) is 12.8 Å². The van der Waals surface area contributed by atoms with Crippen LogP contribution >= 0.6 is 11.3 Å². The normalized spacial score (nSPS) is 10.4. The van der Waals surface area contributed by atoms with Crippen molar-refractivity contribution in [3.8, 4) is 10.6 Å². The highest BCUT2D eigenvalue weighted by molar-refractivity contribution is 7.13. The molecular formula is C9H8N2O3S. The Bertz CT molecular complexity index is 450. The number of aromatic nitrogens is 2. The number of carboxylic acid groups (broad SMARTS) is 1. The van der Waals surface area contributed by atoms with Crippen LogP contribution in [-0.4, -0.2) is 21.4 Å². The molecule has 2 aromatic heterocycles. The first kappa shape index (κ1) is 9.85.